The van der Waals surface area contributed by atoms with Gasteiger partial charge in [-0.2, -0.15) is 0 Å². The molecule has 1 aromatic rings. The van der Waals surface area contributed by atoms with Crippen LogP contribution < -0.4 is 4.90 Å². The van der Waals surface area contributed by atoms with E-state index in [9.17, 15) is 9.50 Å². The Morgan fingerprint density at radius 2 is 1.95 bits per heavy atom. The fourth-order valence-corrected chi connectivity index (χ4v) is 2.49. The van der Waals surface area contributed by atoms with Crippen LogP contribution in [0.25, 0.3) is 0 Å². The van der Waals surface area contributed by atoms with Crippen LogP contribution in [0.4, 0.5) is 10.1 Å². The maximum atomic E-state index is 13.7. The number of aliphatic hydroxyl groups excluding tert-OH is 1. The second-order valence-corrected chi connectivity index (χ2v) is 6.11. The molecule has 1 saturated carbocycles. The predicted octanol–water partition coefficient (Wildman–Crippen LogP) is 3.81. The van der Waals surface area contributed by atoms with Crippen LogP contribution in [0.1, 0.15) is 50.8 Å². The van der Waals surface area contributed by atoms with Crippen molar-refractivity contribution in [2.24, 2.45) is 5.92 Å². The fourth-order valence-electron chi connectivity index (χ4n) is 2.49. The maximum Gasteiger partial charge on any atom is 0.126 e. The molecule has 2 rings (SSSR count). The van der Waals surface area contributed by atoms with Crippen LogP contribution in [0.2, 0.25) is 0 Å². The zero-order valence-electron chi connectivity index (χ0n) is 12.3. The molecule has 0 bridgehead atoms. The molecular formula is C16H24FNO. The Kier molecular flexibility index (Phi) is 4.14. The highest BCUT2D eigenvalue weighted by Crippen LogP contribution is 2.37. The summed E-state index contributed by atoms with van der Waals surface area (Å²) < 4.78 is 13.7. The van der Waals surface area contributed by atoms with Crippen molar-refractivity contribution in [2.75, 3.05) is 11.4 Å². The lowest BCUT2D eigenvalue weighted by Crippen LogP contribution is -2.31. The normalized spacial score (nSPS) is 16.8. The van der Waals surface area contributed by atoms with Crippen LogP contribution in [0, 0.1) is 18.7 Å². The SMILES string of the molecule is Cc1cc(N(CC(C)C)C2CC2)c(C(C)O)cc1F. The molecule has 0 aromatic heterocycles. The Morgan fingerprint density at radius 3 is 2.42 bits per heavy atom. The van der Waals surface area contributed by atoms with Gasteiger partial charge in [0.25, 0.3) is 0 Å². The van der Waals surface area contributed by atoms with Gasteiger partial charge in [-0.05, 0) is 50.3 Å². The molecule has 0 aliphatic heterocycles. The second kappa shape index (κ2) is 5.49. The van der Waals surface area contributed by atoms with E-state index in [2.05, 4.69) is 18.7 Å². The largest absolute Gasteiger partial charge is 0.389 e. The van der Waals surface area contributed by atoms with Crippen LogP contribution in [-0.4, -0.2) is 17.7 Å². The standard InChI is InChI=1S/C16H24FNO/c1-10(2)9-18(13-5-6-13)16-7-11(3)15(17)8-14(16)12(4)19/h7-8,10,12-13,19H,5-6,9H2,1-4H3. The van der Waals surface area contributed by atoms with Gasteiger partial charge in [-0.25, -0.2) is 4.39 Å². The molecule has 1 fully saturated rings. The van der Waals surface area contributed by atoms with Gasteiger partial charge < -0.3 is 10.0 Å². The number of hydrogen-bond donors (Lipinski definition) is 1. The smallest absolute Gasteiger partial charge is 0.126 e. The summed E-state index contributed by atoms with van der Waals surface area (Å²) in [7, 11) is 0. The summed E-state index contributed by atoms with van der Waals surface area (Å²) in [6, 6.07) is 3.94. The van der Waals surface area contributed by atoms with Crippen molar-refractivity contribution in [3.8, 4) is 0 Å². The molecule has 1 unspecified atom stereocenters. The first-order valence-corrected chi connectivity index (χ1v) is 7.15. The predicted molar refractivity (Wildman–Crippen MR) is 77.0 cm³/mol. The van der Waals surface area contributed by atoms with Gasteiger partial charge in [0, 0.05) is 23.8 Å². The van der Waals surface area contributed by atoms with Crippen LogP contribution in [0.5, 0.6) is 0 Å². The van der Waals surface area contributed by atoms with Crippen molar-refractivity contribution >= 4 is 5.69 Å². The molecule has 0 radical (unpaired) electrons. The van der Waals surface area contributed by atoms with E-state index in [0.29, 0.717) is 23.1 Å². The molecule has 19 heavy (non-hydrogen) atoms. The van der Waals surface area contributed by atoms with E-state index in [4.69, 9.17) is 0 Å². The highest BCUT2D eigenvalue weighted by molar-refractivity contribution is 5.58. The summed E-state index contributed by atoms with van der Waals surface area (Å²) in [5, 5.41) is 9.91. The summed E-state index contributed by atoms with van der Waals surface area (Å²) in [6.07, 6.45) is 1.75. The van der Waals surface area contributed by atoms with Crippen molar-refractivity contribution in [3.63, 3.8) is 0 Å². The molecule has 0 saturated heterocycles. The average Bonchev–Trinajstić information content (AvgIpc) is 3.12. The van der Waals surface area contributed by atoms with Crippen molar-refractivity contribution in [1.29, 1.82) is 0 Å². The number of benzene rings is 1. The van der Waals surface area contributed by atoms with E-state index >= 15 is 0 Å². The molecular weight excluding hydrogens is 241 g/mol. The Labute approximate surface area is 115 Å². The summed E-state index contributed by atoms with van der Waals surface area (Å²) in [5.41, 5.74) is 2.36. The van der Waals surface area contributed by atoms with E-state index in [1.165, 1.54) is 18.9 Å². The fraction of sp³-hybridized carbons (Fsp3) is 0.625. The highest BCUT2D eigenvalue weighted by atomic mass is 19.1. The quantitative estimate of drug-likeness (QED) is 0.875. The lowest BCUT2D eigenvalue weighted by molar-refractivity contribution is 0.199. The van der Waals surface area contributed by atoms with E-state index in [1.807, 2.05) is 6.07 Å². The Hall–Kier alpha value is -1.09. The Balaban J connectivity index is 2.42. The van der Waals surface area contributed by atoms with Crippen molar-refractivity contribution < 1.29 is 9.50 Å². The molecule has 1 aromatic carbocycles. The zero-order chi connectivity index (χ0) is 14.2. The minimum absolute atomic E-state index is 0.236. The van der Waals surface area contributed by atoms with Crippen LogP contribution in [0.3, 0.4) is 0 Å². The van der Waals surface area contributed by atoms with Crippen LogP contribution in [0.15, 0.2) is 12.1 Å². The molecule has 0 spiro atoms. The lowest BCUT2D eigenvalue weighted by Gasteiger charge is -2.30. The third kappa shape index (κ3) is 3.27. The number of nitrogens with zero attached hydrogens (tertiary/aromatic N) is 1. The highest BCUT2D eigenvalue weighted by Gasteiger charge is 2.31. The number of rotatable bonds is 5. The number of aliphatic hydroxyl groups is 1. The second-order valence-electron chi connectivity index (χ2n) is 6.11. The van der Waals surface area contributed by atoms with Gasteiger partial charge in [-0.1, -0.05) is 13.8 Å². The molecule has 0 heterocycles. The van der Waals surface area contributed by atoms with E-state index in [-0.39, 0.29) is 5.82 Å². The van der Waals surface area contributed by atoms with Crippen molar-refractivity contribution in [1.82, 2.24) is 0 Å². The number of halogens is 1. The van der Waals surface area contributed by atoms with E-state index in [0.717, 1.165) is 12.2 Å². The summed E-state index contributed by atoms with van der Waals surface area (Å²) in [4.78, 5) is 2.35. The first kappa shape index (κ1) is 14.3. The molecule has 2 nitrogen and oxygen atoms in total. The molecule has 3 heteroatoms. The summed E-state index contributed by atoms with van der Waals surface area (Å²) >= 11 is 0. The Bertz CT molecular complexity index is 452. The topological polar surface area (TPSA) is 23.5 Å². The number of aryl methyl sites for hydroxylation is 1. The van der Waals surface area contributed by atoms with E-state index in [1.54, 1.807) is 13.8 Å². The van der Waals surface area contributed by atoms with Crippen molar-refractivity contribution in [3.05, 3.63) is 29.1 Å². The van der Waals surface area contributed by atoms with Crippen LogP contribution >= 0.6 is 0 Å². The van der Waals surface area contributed by atoms with Gasteiger partial charge in [0.2, 0.25) is 0 Å². The number of hydrogen-bond acceptors (Lipinski definition) is 2. The zero-order valence-corrected chi connectivity index (χ0v) is 12.3. The summed E-state index contributed by atoms with van der Waals surface area (Å²) in [5.74, 6) is 0.313. The van der Waals surface area contributed by atoms with Crippen LogP contribution in [-0.2, 0) is 0 Å². The average molecular weight is 265 g/mol. The molecule has 0 amide bonds. The first-order chi connectivity index (χ1) is 8.90. The summed E-state index contributed by atoms with van der Waals surface area (Å²) in [6.45, 7) is 8.82. The monoisotopic (exact) mass is 265 g/mol. The maximum absolute atomic E-state index is 13.7. The first-order valence-electron chi connectivity index (χ1n) is 7.15. The third-order valence-electron chi connectivity index (χ3n) is 3.62. The molecule has 1 atom stereocenters. The minimum atomic E-state index is -0.640. The molecule has 1 N–H and O–H groups in total. The van der Waals surface area contributed by atoms with E-state index < -0.39 is 6.10 Å². The third-order valence-corrected chi connectivity index (χ3v) is 3.62. The minimum Gasteiger partial charge on any atom is -0.389 e. The number of anilines is 1. The Morgan fingerprint density at radius 1 is 1.32 bits per heavy atom. The van der Waals surface area contributed by atoms with Gasteiger partial charge in [0.05, 0.1) is 6.10 Å². The molecule has 1 aliphatic rings. The van der Waals surface area contributed by atoms with Gasteiger partial charge >= 0.3 is 0 Å². The molecule has 106 valence electrons. The van der Waals surface area contributed by atoms with Gasteiger partial charge in [0.1, 0.15) is 5.82 Å². The molecule has 1 aliphatic carbocycles. The van der Waals surface area contributed by atoms with Crippen molar-refractivity contribution in [2.45, 2.75) is 52.7 Å². The lowest BCUT2D eigenvalue weighted by atomic mass is 10.0. The van der Waals surface area contributed by atoms with Gasteiger partial charge in [-0.15, -0.1) is 0 Å². The van der Waals surface area contributed by atoms with Gasteiger partial charge in [0.15, 0.2) is 0 Å². The van der Waals surface area contributed by atoms with Gasteiger partial charge in [-0.3, -0.25) is 0 Å².